The number of nitrogens with one attached hydrogen (secondary N) is 1. The second-order valence-corrected chi connectivity index (χ2v) is 5.65. The van der Waals surface area contributed by atoms with Crippen molar-refractivity contribution in [1.82, 2.24) is 5.32 Å². The molecule has 2 aromatic carbocycles. The molecule has 0 atom stereocenters. The summed E-state index contributed by atoms with van der Waals surface area (Å²) < 4.78 is 24.0. The quantitative estimate of drug-likeness (QED) is 0.762. The molecule has 0 saturated heterocycles. The zero-order chi connectivity index (χ0) is 16.1. The topological polar surface area (TPSA) is 47.6 Å². The molecule has 116 valence electrons. The Morgan fingerprint density at radius 1 is 1.18 bits per heavy atom. The average molecular weight is 415 g/mol. The Morgan fingerprint density at radius 2 is 1.95 bits per heavy atom. The third-order valence-electron chi connectivity index (χ3n) is 3.11. The molecule has 0 radical (unpaired) electrons. The number of methoxy groups -OCH3 is 2. The maximum Gasteiger partial charge on any atom is 0.252 e. The summed E-state index contributed by atoms with van der Waals surface area (Å²) in [6.45, 7) is 0.305. The Labute approximate surface area is 141 Å². The van der Waals surface area contributed by atoms with Crippen LogP contribution in [0.5, 0.6) is 11.5 Å². The van der Waals surface area contributed by atoms with E-state index in [1.54, 1.807) is 26.4 Å². The van der Waals surface area contributed by atoms with Crippen LogP contribution in [0.1, 0.15) is 15.9 Å². The van der Waals surface area contributed by atoms with Crippen molar-refractivity contribution < 1.29 is 18.7 Å². The Morgan fingerprint density at radius 3 is 2.59 bits per heavy atom. The van der Waals surface area contributed by atoms with Crippen molar-refractivity contribution in [1.29, 1.82) is 0 Å². The summed E-state index contributed by atoms with van der Waals surface area (Å²) in [5, 5.41) is 2.80. The SMILES string of the molecule is COc1ccc(CNC(=O)c2ccc(F)cc2I)c(OC)c1. The predicted octanol–water partition coefficient (Wildman–Crippen LogP) is 3.38. The van der Waals surface area contributed by atoms with Gasteiger partial charge in [0.2, 0.25) is 0 Å². The number of rotatable bonds is 5. The van der Waals surface area contributed by atoms with E-state index in [-0.39, 0.29) is 11.7 Å². The molecule has 1 amide bonds. The second-order valence-electron chi connectivity index (χ2n) is 4.48. The highest BCUT2D eigenvalue weighted by Gasteiger charge is 2.12. The fraction of sp³-hybridized carbons (Fsp3) is 0.188. The monoisotopic (exact) mass is 415 g/mol. The number of halogens is 2. The summed E-state index contributed by atoms with van der Waals surface area (Å²) in [4.78, 5) is 12.2. The molecule has 0 aliphatic heterocycles. The van der Waals surface area contributed by atoms with Gasteiger partial charge in [-0.15, -0.1) is 0 Å². The van der Waals surface area contributed by atoms with E-state index in [2.05, 4.69) is 5.32 Å². The summed E-state index contributed by atoms with van der Waals surface area (Å²) >= 11 is 1.94. The van der Waals surface area contributed by atoms with Crippen molar-refractivity contribution in [3.05, 3.63) is 56.9 Å². The third-order valence-corrected chi connectivity index (χ3v) is 4.00. The molecule has 4 nitrogen and oxygen atoms in total. The lowest BCUT2D eigenvalue weighted by Crippen LogP contribution is -2.24. The van der Waals surface area contributed by atoms with Crippen molar-refractivity contribution >= 4 is 28.5 Å². The maximum absolute atomic E-state index is 13.1. The van der Waals surface area contributed by atoms with Crippen LogP contribution in [0.4, 0.5) is 4.39 Å². The van der Waals surface area contributed by atoms with Gasteiger partial charge >= 0.3 is 0 Å². The van der Waals surface area contributed by atoms with Gasteiger partial charge in [-0.1, -0.05) is 0 Å². The first kappa shape index (κ1) is 16.5. The Bertz CT molecular complexity index is 691. The van der Waals surface area contributed by atoms with Gasteiger partial charge in [-0.3, -0.25) is 4.79 Å². The van der Waals surface area contributed by atoms with Crippen molar-refractivity contribution in [2.24, 2.45) is 0 Å². The number of amides is 1. The number of carbonyl (C=O) groups excluding carboxylic acids is 1. The van der Waals surface area contributed by atoms with Gasteiger partial charge in [-0.25, -0.2) is 4.39 Å². The molecule has 0 unspecified atom stereocenters. The molecule has 0 spiro atoms. The first-order valence-electron chi connectivity index (χ1n) is 6.49. The largest absolute Gasteiger partial charge is 0.497 e. The summed E-state index contributed by atoms with van der Waals surface area (Å²) in [5.74, 6) is 0.688. The highest BCUT2D eigenvalue weighted by molar-refractivity contribution is 14.1. The lowest BCUT2D eigenvalue weighted by molar-refractivity contribution is 0.0949. The molecular formula is C16H15FINO3. The van der Waals surface area contributed by atoms with E-state index in [9.17, 15) is 9.18 Å². The summed E-state index contributed by atoms with van der Waals surface area (Å²) in [6.07, 6.45) is 0. The minimum Gasteiger partial charge on any atom is -0.497 e. The lowest BCUT2D eigenvalue weighted by Gasteiger charge is -2.12. The van der Waals surface area contributed by atoms with Gasteiger partial charge in [0.05, 0.1) is 19.8 Å². The van der Waals surface area contributed by atoms with Crippen LogP contribution in [0, 0.1) is 9.39 Å². The Balaban J connectivity index is 2.11. The molecule has 0 fully saturated rings. The summed E-state index contributed by atoms with van der Waals surface area (Å²) in [6, 6.07) is 9.44. The Hall–Kier alpha value is -1.83. The van der Waals surface area contributed by atoms with E-state index >= 15 is 0 Å². The van der Waals surface area contributed by atoms with Gasteiger partial charge in [0.15, 0.2) is 0 Å². The van der Waals surface area contributed by atoms with E-state index in [0.717, 1.165) is 5.56 Å². The number of hydrogen-bond acceptors (Lipinski definition) is 3. The van der Waals surface area contributed by atoms with Crippen LogP contribution in [-0.2, 0) is 6.54 Å². The number of hydrogen-bond donors (Lipinski definition) is 1. The van der Waals surface area contributed by atoms with Crippen LogP contribution in [0.15, 0.2) is 36.4 Å². The van der Waals surface area contributed by atoms with Gasteiger partial charge in [0.1, 0.15) is 17.3 Å². The standard InChI is InChI=1S/C16H15FINO3/c1-21-12-5-3-10(15(8-12)22-2)9-19-16(20)13-6-4-11(17)7-14(13)18/h3-8H,9H2,1-2H3,(H,19,20). The molecule has 0 aliphatic carbocycles. The molecule has 0 aromatic heterocycles. The summed E-state index contributed by atoms with van der Waals surface area (Å²) in [7, 11) is 3.13. The minimum absolute atomic E-state index is 0.262. The van der Waals surface area contributed by atoms with Gasteiger partial charge in [-0.2, -0.15) is 0 Å². The third kappa shape index (κ3) is 3.88. The van der Waals surface area contributed by atoms with Gasteiger partial charge in [0, 0.05) is 21.7 Å². The van der Waals surface area contributed by atoms with E-state index in [1.807, 2.05) is 28.7 Å². The first-order chi connectivity index (χ1) is 10.5. The molecule has 2 rings (SSSR count). The predicted molar refractivity (Wildman–Crippen MR) is 89.8 cm³/mol. The smallest absolute Gasteiger partial charge is 0.252 e. The van der Waals surface area contributed by atoms with E-state index in [1.165, 1.54) is 18.2 Å². The normalized spacial score (nSPS) is 10.2. The molecule has 0 aliphatic rings. The van der Waals surface area contributed by atoms with Crippen molar-refractivity contribution in [2.45, 2.75) is 6.54 Å². The zero-order valence-electron chi connectivity index (χ0n) is 12.2. The van der Waals surface area contributed by atoms with E-state index in [4.69, 9.17) is 9.47 Å². The van der Waals surface area contributed by atoms with Crippen LogP contribution in [0.3, 0.4) is 0 Å². The van der Waals surface area contributed by atoms with E-state index < -0.39 is 0 Å². The number of benzene rings is 2. The van der Waals surface area contributed by atoms with Crippen LogP contribution in [0.25, 0.3) is 0 Å². The highest BCUT2D eigenvalue weighted by atomic mass is 127. The highest BCUT2D eigenvalue weighted by Crippen LogP contribution is 2.24. The minimum atomic E-state index is -0.363. The van der Waals surface area contributed by atoms with Crippen LogP contribution >= 0.6 is 22.6 Å². The zero-order valence-corrected chi connectivity index (χ0v) is 14.3. The maximum atomic E-state index is 13.1. The second kappa shape index (κ2) is 7.44. The molecule has 22 heavy (non-hydrogen) atoms. The lowest BCUT2D eigenvalue weighted by atomic mass is 10.1. The van der Waals surface area contributed by atoms with Crippen LogP contribution in [-0.4, -0.2) is 20.1 Å². The fourth-order valence-electron chi connectivity index (χ4n) is 1.94. The number of ether oxygens (including phenoxy) is 2. The fourth-order valence-corrected chi connectivity index (χ4v) is 2.66. The summed E-state index contributed by atoms with van der Waals surface area (Å²) in [5.41, 5.74) is 1.27. The van der Waals surface area contributed by atoms with Gasteiger partial charge in [0.25, 0.3) is 5.91 Å². The average Bonchev–Trinajstić information content (AvgIpc) is 2.52. The molecule has 1 N–H and O–H groups in total. The molecular weight excluding hydrogens is 400 g/mol. The van der Waals surface area contributed by atoms with Crippen molar-refractivity contribution in [3.63, 3.8) is 0 Å². The van der Waals surface area contributed by atoms with Crippen molar-refractivity contribution in [2.75, 3.05) is 14.2 Å². The number of carbonyl (C=O) groups is 1. The van der Waals surface area contributed by atoms with Gasteiger partial charge in [-0.05, 0) is 52.9 Å². The van der Waals surface area contributed by atoms with Crippen molar-refractivity contribution in [3.8, 4) is 11.5 Å². The molecule has 6 heteroatoms. The van der Waals surface area contributed by atoms with Crippen LogP contribution < -0.4 is 14.8 Å². The van der Waals surface area contributed by atoms with E-state index in [0.29, 0.717) is 27.2 Å². The molecule has 0 bridgehead atoms. The molecule has 0 heterocycles. The molecule has 2 aromatic rings. The Kier molecular flexibility index (Phi) is 5.59. The first-order valence-corrected chi connectivity index (χ1v) is 7.57. The van der Waals surface area contributed by atoms with Gasteiger partial charge < -0.3 is 14.8 Å². The van der Waals surface area contributed by atoms with Crippen LogP contribution in [0.2, 0.25) is 0 Å². The molecule has 0 saturated carbocycles.